The molecule has 1 saturated heterocycles. The molecule has 1 fully saturated rings. The van der Waals surface area contributed by atoms with Crippen molar-refractivity contribution in [3.05, 3.63) is 11.6 Å². The van der Waals surface area contributed by atoms with E-state index in [9.17, 15) is 0 Å². The van der Waals surface area contributed by atoms with E-state index in [1.165, 1.54) is 45.1 Å². The van der Waals surface area contributed by atoms with Gasteiger partial charge in [0.2, 0.25) is 0 Å². The second kappa shape index (κ2) is 7.05. The van der Waals surface area contributed by atoms with Crippen LogP contribution in [0.4, 0.5) is 0 Å². The van der Waals surface area contributed by atoms with Gasteiger partial charge in [0.25, 0.3) is 0 Å². The molecule has 0 spiro atoms. The Kier molecular flexibility index (Phi) is 5.93. The van der Waals surface area contributed by atoms with Gasteiger partial charge in [0, 0.05) is 6.54 Å². The van der Waals surface area contributed by atoms with Crippen LogP contribution in [0.15, 0.2) is 11.6 Å². The highest BCUT2D eigenvalue weighted by atomic mass is 14.9. The summed E-state index contributed by atoms with van der Waals surface area (Å²) < 4.78 is 0. The topological polar surface area (TPSA) is 12.0 Å². The van der Waals surface area contributed by atoms with Crippen LogP contribution in [0.1, 0.15) is 52.4 Å². The molecular weight excluding hydrogens is 170 g/mol. The third-order valence-electron chi connectivity index (χ3n) is 3.13. The number of allylic oxidation sites excluding steroid dienone is 1. The van der Waals surface area contributed by atoms with Gasteiger partial charge in [-0.3, -0.25) is 0 Å². The lowest BCUT2D eigenvalue weighted by atomic mass is 9.94. The van der Waals surface area contributed by atoms with Crippen molar-refractivity contribution in [2.24, 2.45) is 5.92 Å². The van der Waals surface area contributed by atoms with Gasteiger partial charge in [-0.25, -0.2) is 0 Å². The molecule has 0 aromatic carbocycles. The van der Waals surface area contributed by atoms with Gasteiger partial charge >= 0.3 is 0 Å². The van der Waals surface area contributed by atoms with Crippen LogP contribution in [0, 0.1) is 5.92 Å². The van der Waals surface area contributed by atoms with Crippen LogP contribution < -0.4 is 5.32 Å². The maximum Gasteiger partial charge on any atom is 0.0164 e. The highest BCUT2D eigenvalue weighted by molar-refractivity contribution is 5.08. The molecule has 1 aliphatic rings. The Labute approximate surface area is 89.0 Å². The smallest absolute Gasteiger partial charge is 0.0164 e. The maximum atomic E-state index is 3.45. The predicted octanol–water partition coefficient (Wildman–Crippen LogP) is 3.51. The number of rotatable bonds is 5. The van der Waals surface area contributed by atoms with E-state index in [0.717, 1.165) is 12.5 Å². The number of hydrogen-bond donors (Lipinski definition) is 1. The Morgan fingerprint density at radius 1 is 1.43 bits per heavy atom. The van der Waals surface area contributed by atoms with Crippen molar-refractivity contribution < 1.29 is 0 Å². The summed E-state index contributed by atoms with van der Waals surface area (Å²) in [5, 5.41) is 3.45. The zero-order valence-electron chi connectivity index (χ0n) is 9.81. The number of unbranched alkanes of at least 4 members (excludes halogenated alkanes) is 1. The van der Waals surface area contributed by atoms with Crippen molar-refractivity contribution in [3.8, 4) is 0 Å². The molecule has 1 heterocycles. The molecule has 1 rings (SSSR count). The fraction of sp³-hybridized carbons (Fsp3) is 0.846. The van der Waals surface area contributed by atoms with Crippen LogP contribution in [0.3, 0.4) is 0 Å². The Balaban J connectivity index is 2.35. The molecule has 1 atom stereocenters. The Morgan fingerprint density at radius 2 is 2.29 bits per heavy atom. The van der Waals surface area contributed by atoms with Gasteiger partial charge in [0.1, 0.15) is 0 Å². The summed E-state index contributed by atoms with van der Waals surface area (Å²) in [6, 6.07) is 0. The average molecular weight is 195 g/mol. The van der Waals surface area contributed by atoms with E-state index in [1.54, 1.807) is 5.57 Å². The molecule has 0 amide bonds. The average Bonchev–Trinajstić information content (AvgIpc) is 2.25. The summed E-state index contributed by atoms with van der Waals surface area (Å²) in [6.07, 6.45) is 10.6. The molecular formula is C13H25N. The second-order valence-electron chi connectivity index (χ2n) is 4.42. The molecule has 1 N–H and O–H groups in total. The summed E-state index contributed by atoms with van der Waals surface area (Å²) in [6.45, 7) is 6.95. The van der Waals surface area contributed by atoms with E-state index in [1.807, 2.05) is 0 Å². The summed E-state index contributed by atoms with van der Waals surface area (Å²) in [4.78, 5) is 0. The summed E-state index contributed by atoms with van der Waals surface area (Å²) in [5.74, 6) is 0.838. The van der Waals surface area contributed by atoms with Crippen LogP contribution in [0.5, 0.6) is 0 Å². The molecule has 0 aliphatic carbocycles. The van der Waals surface area contributed by atoms with E-state index >= 15 is 0 Å². The largest absolute Gasteiger partial charge is 0.313 e. The van der Waals surface area contributed by atoms with Crippen molar-refractivity contribution >= 4 is 0 Å². The fourth-order valence-corrected chi connectivity index (χ4v) is 2.12. The van der Waals surface area contributed by atoms with Crippen molar-refractivity contribution in [1.29, 1.82) is 0 Å². The molecule has 0 bridgehead atoms. The number of hydrogen-bond acceptors (Lipinski definition) is 1. The molecule has 1 unspecified atom stereocenters. The molecule has 0 aromatic heterocycles. The van der Waals surface area contributed by atoms with Crippen molar-refractivity contribution in [2.45, 2.75) is 52.4 Å². The van der Waals surface area contributed by atoms with Gasteiger partial charge in [-0.15, -0.1) is 0 Å². The summed E-state index contributed by atoms with van der Waals surface area (Å²) in [5.41, 5.74) is 1.65. The standard InChI is InChI=1S/C13H25N/c1-3-5-7-12(4-2)10-13-8-6-9-14-11-13/h10,12,14H,3-9,11H2,1-2H3. The second-order valence-corrected chi connectivity index (χ2v) is 4.42. The minimum Gasteiger partial charge on any atom is -0.313 e. The third kappa shape index (κ3) is 4.28. The highest BCUT2D eigenvalue weighted by Crippen LogP contribution is 2.19. The first-order chi connectivity index (χ1) is 6.86. The fourth-order valence-electron chi connectivity index (χ4n) is 2.12. The molecule has 1 aliphatic heterocycles. The highest BCUT2D eigenvalue weighted by Gasteiger charge is 2.07. The first kappa shape index (κ1) is 11.8. The monoisotopic (exact) mass is 195 g/mol. The van der Waals surface area contributed by atoms with Crippen LogP contribution in [0.2, 0.25) is 0 Å². The Morgan fingerprint density at radius 3 is 2.86 bits per heavy atom. The van der Waals surface area contributed by atoms with Crippen LogP contribution in [-0.2, 0) is 0 Å². The molecule has 1 nitrogen and oxygen atoms in total. The molecule has 14 heavy (non-hydrogen) atoms. The normalized spacial score (nSPS) is 22.6. The molecule has 0 aromatic rings. The van der Waals surface area contributed by atoms with E-state index in [2.05, 4.69) is 25.2 Å². The zero-order chi connectivity index (χ0) is 10.2. The molecule has 0 saturated carbocycles. The predicted molar refractivity (Wildman–Crippen MR) is 63.5 cm³/mol. The van der Waals surface area contributed by atoms with E-state index in [0.29, 0.717) is 0 Å². The summed E-state index contributed by atoms with van der Waals surface area (Å²) in [7, 11) is 0. The van der Waals surface area contributed by atoms with Crippen LogP contribution in [0.25, 0.3) is 0 Å². The van der Waals surface area contributed by atoms with Gasteiger partial charge in [-0.1, -0.05) is 38.3 Å². The Bertz CT molecular complexity index is 164. The quantitative estimate of drug-likeness (QED) is 0.662. The van der Waals surface area contributed by atoms with Gasteiger partial charge < -0.3 is 5.32 Å². The van der Waals surface area contributed by atoms with E-state index in [-0.39, 0.29) is 0 Å². The van der Waals surface area contributed by atoms with Crippen LogP contribution >= 0.6 is 0 Å². The lowest BCUT2D eigenvalue weighted by molar-refractivity contribution is 0.525. The van der Waals surface area contributed by atoms with Gasteiger partial charge in [0.05, 0.1) is 0 Å². The van der Waals surface area contributed by atoms with Crippen molar-refractivity contribution in [1.82, 2.24) is 5.32 Å². The lowest BCUT2D eigenvalue weighted by Crippen LogP contribution is -2.24. The van der Waals surface area contributed by atoms with E-state index < -0.39 is 0 Å². The van der Waals surface area contributed by atoms with Crippen LogP contribution in [-0.4, -0.2) is 13.1 Å². The maximum absolute atomic E-state index is 3.45. The minimum absolute atomic E-state index is 0.838. The first-order valence-corrected chi connectivity index (χ1v) is 6.27. The molecule has 0 radical (unpaired) electrons. The zero-order valence-corrected chi connectivity index (χ0v) is 9.81. The number of nitrogens with one attached hydrogen (secondary N) is 1. The lowest BCUT2D eigenvalue weighted by Gasteiger charge is -2.18. The minimum atomic E-state index is 0.838. The van der Waals surface area contributed by atoms with Crippen molar-refractivity contribution in [2.75, 3.05) is 13.1 Å². The van der Waals surface area contributed by atoms with Gasteiger partial charge in [-0.05, 0) is 38.1 Å². The van der Waals surface area contributed by atoms with Gasteiger partial charge in [-0.2, -0.15) is 0 Å². The molecule has 82 valence electrons. The Hall–Kier alpha value is -0.300. The SMILES string of the molecule is CCCCC(C=C1CCCNC1)CC. The van der Waals surface area contributed by atoms with E-state index in [4.69, 9.17) is 0 Å². The third-order valence-corrected chi connectivity index (χ3v) is 3.13. The number of piperidine rings is 1. The van der Waals surface area contributed by atoms with Gasteiger partial charge in [0.15, 0.2) is 0 Å². The molecule has 1 heteroatoms. The first-order valence-electron chi connectivity index (χ1n) is 6.27. The van der Waals surface area contributed by atoms with Crippen molar-refractivity contribution in [3.63, 3.8) is 0 Å². The summed E-state index contributed by atoms with van der Waals surface area (Å²) >= 11 is 0.